The maximum absolute atomic E-state index is 14.6. The van der Waals surface area contributed by atoms with Crippen molar-refractivity contribution in [3.63, 3.8) is 0 Å². The number of carbonyl (C=O) groups excluding carboxylic acids is 1. The van der Waals surface area contributed by atoms with E-state index < -0.39 is 18.8 Å². The Kier molecular flexibility index (Phi) is 4.93. The van der Waals surface area contributed by atoms with Gasteiger partial charge in [0, 0.05) is 43.8 Å². The molecule has 3 heterocycles. The molecule has 0 bridgehead atoms. The van der Waals surface area contributed by atoms with Gasteiger partial charge in [-0.15, -0.1) is 0 Å². The predicted octanol–water partition coefficient (Wildman–Crippen LogP) is 1.70. The molecular weight excluding hydrogens is 399 g/mol. The summed E-state index contributed by atoms with van der Waals surface area (Å²) in [5.74, 6) is -1.77. The largest absolute Gasteiger partial charge is 0.365 e. The minimum atomic E-state index is -2.67. The van der Waals surface area contributed by atoms with Crippen molar-refractivity contribution in [1.29, 1.82) is 0 Å². The predicted molar refractivity (Wildman–Crippen MR) is 117 cm³/mol. The zero-order chi connectivity index (χ0) is 24.5. The van der Waals surface area contributed by atoms with Crippen molar-refractivity contribution in [3.05, 3.63) is 63.6 Å². The van der Waals surface area contributed by atoms with E-state index in [1.165, 1.54) is 12.1 Å². The number of H-pyrrole nitrogens is 1. The van der Waals surface area contributed by atoms with Crippen LogP contribution in [-0.4, -0.2) is 58.9 Å². The summed E-state index contributed by atoms with van der Waals surface area (Å²) in [5, 5.41) is 1.80. The molecule has 1 aliphatic heterocycles. The Morgan fingerprint density at radius 1 is 1.23 bits per heavy atom. The topological polar surface area (TPSA) is 94.2 Å². The van der Waals surface area contributed by atoms with Crippen LogP contribution >= 0.6 is 0 Å². The summed E-state index contributed by atoms with van der Waals surface area (Å²) >= 11 is 0. The molecule has 1 amide bonds. The quantitative estimate of drug-likeness (QED) is 0.602. The van der Waals surface area contributed by atoms with E-state index in [-0.39, 0.29) is 16.9 Å². The van der Waals surface area contributed by atoms with Gasteiger partial charge >= 0.3 is 0 Å². The number of nitrogens with one attached hydrogen (secondary N) is 2. The van der Waals surface area contributed by atoms with E-state index in [4.69, 9.17) is 4.11 Å². The van der Waals surface area contributed by atoms with E-state index in [2.05, 4.69) is 19.9 Å². The molecule has 0 saturated carbocycles. The van der Waals surface area contributed by atoms with Crippen molar-refractivity contribution in [2.75, 3.05) is 38.1 Å². The van der Waals surface area contributed by atoms with Crippen LogP contribution in [-0.2, 0) is 13.0 Å². The first-order valence-electron chi connectivity index (χ1n) is 11.6. The molecule has 0 aliphatic carbocycles. The summed E-state index contributed by atoms with van der Waals surface area (Å²) in [6.07, 6.45) is 0.575. The van der Waals surface area contributed by atoms with Crippen LogP contribution in [0, 0.1) is 5.95 Å². The average molecular weight is 427 g/mol. The van der Waals surface area contributed by atoms with Gasteiger partial charge in [0.25, 0.3) is 11.5 Å². The van der Waals surface area contributed by atoms with Crippen LogP contribution in [0.25, 0.3) is 11.0 Å². The Morgan fingerprint density at radius 3 is 2.74 bits per heavy atom. The number of aryl methyl sites for hydroxylation is 1. The monoisotopic (exact) mass is 427 g/mol. The summed E-state index contributed by atoms with van der Waals surface area (Å²) < 4.78 is 35.8. The molecule has 2 N–H and O–H groups in total. The molecule has 1 saturated heterocycles. The van der Waals surface area contributed by atoms with Crippen molar-refractivity contribution in [2.24, 2.45) is 0 Å². The van der Waals surface area contributed by atoms with Gasteiger partial charge in [-0.3, -0.25) is 14.5 Å². The van der Waals surface area contributed by atoms with Crippen molar-refractivity contribution < 1.29 is 13.3 Å². The molecule has 1 aromatic carbocycles. The van der Waals surface area contributed by atoms with Crippen molar-refractivity contribution in [1.82, 2.24) is 25.2 Å². The number of anilines is 1. The van der Waals surface area contributed by atoms with Gasteiger partial charge in [0.15, 0.2) is 0 Å². The number of hydrogen-bond acceptors (Lipinski definition) is 6. The van der Waals surface area contributed by atoms with Gasteiger partial charge in [-0.2, -0.15) is 4.39 Å². The minimum Gasteiger partial charge on any atom is -0.365 e. The van der Waals surface area contributed by atoms with Crippen molar-refractivity contribution in [2.45, 2.75) is 19.9 Å². The van der Waals surface area contributed by atoms with Gasteiger partial charge in [0.2, 0.25) is 5.95 Å². The van der Waals surface area contributed by atoms with E-state index >= 15 is 0 Å². The Hall–Kier alpha value is -3.33. The van der Waals surface area contributed by atoms with E-state index in [1.54, 1.807) is 5.32 Å². The highest BCUT2D eigenvalue weighted by molar-refractivity contribution is 5.92. The van der Waals surface area contributed by atoms with Gasteiger partial charge < -0.3 is 15.2 Å². The zero-order valence-electron chi connectivity index (χ0n) is 20.1. The molecule has 0 atom stereocenters. The number of aromatic nitrogens is 3. The van der Waals surface area contributed by atoms with Gasteiger partial charge in [-0.25, -0.2) is 9.97 Å². The molecule has 31 heavy (non-hydrogen) atoms. The fourth-order valence-electron chi connectivity index (χ4n) is 3.77. The first-order chi connectivity index (χ1) is 16.1. The van der Waals surface area contributed by atoms with E-state index in [0.29, 0.717) is 50.4 Å². The molecule has 1 aliphatic rings. The maximum Gasteiger partial charge on any atom is 0.270 e. The summed E-state index contributed by atoms with van der Waals surface area (Å²) in [4.78, 5) is 39.0. The third-order valence-corrected chi connectivity index (χ3v) is 5.46. The number of carbonyl (C=O) groups is 1. The second-order valence-electron chi connectivity index (χ2n) is 7.44. The Morgan fingerprint density at radius 2 is 2.03 bits per heavy atom. The molecule has 4 rings (SSSR count). The number of rotatable bonds is 5. The lowest BCUT2D eigenvalue weighted by Crippen LogP contribution is -2.46. The molecule has 9 heteroatoms. The van der Waals surface area contributed by atoms with E-state index in [1.807, 2.05) is 30.0 Å². The van der Waals surface area contributed by atoms with Crippen LogP contribution in [0.15, 0.2) is 35.1 Å². The number of fused-ring (bicyclic) bond motifs is 1. The van der Waals surface area contributed by atoms with Gasteiger partial charge in [-0.1, -0.05) is 13.0 Å². The van der Waals surface area contributed by atoms with Gasteiger partial charge in [0.1, 0.15) is 11.4 Å². The fourth-order valence-corrected chi connectivity index (χ4v) is 3.77. The Balaban J connectivity index is 1.39. The average Bonchev–Trinajstić information content (AvgIpc) is 2.78. The number of amides is 1. The lowest BCUT2D eigenvalue weighted by Gasteiger charge is -2.36. The van der Waals surface area contributed by atoms with Crippen LogP contribution in [0.1, 0.15) is 32.8 Å². The molecule has 0 unspecified atom stereocenters. The summed E-state index contributed by atoms with van der Waals surface area (Å²) in [5.41, 5.74) is 2.83. The third kappa shape index (κ3) is 4.41. The molecular formula is C22H25FN6O2. The number of halogens is 1. The standard InChI is InChI=1S/C22H25FN6O2/c1-3-15-22(31)27-18-12-14(4-5-16(18)25-15)13-28-8-10-29(11-9-28)19-7-6-17(21(30)24-2)26-20(19)23/h4-7,12H,3,8-11,13H2,1-2H3,(H,24,30)(H,27,31)/i2D3. The van der Waals surface area contributed by atoms with Gasteiger partial charge in [0.05, 0.1) is 16.7 Å². The molecule has 3 aromatic rings. The molecule has 0 radical (unpaired) electrons. The highest BCUT2D eigenvalue weighted by Crippen LogP contribution is 2.21. The lowest BCUT2D eigenvalue weighted by atomic mass is 10.1. The van der Waals surface area contributed by atoms with Crippen LogP contribution in [0.3, 0.4) is 0 Å². The highest BCUT2D eigenvalue weighted by atomic mass is 19.1. The number of nitrogens with zero attached hydrogens (tertiary/aromatic N) is 4. The first-order valence-corrected chi connectivity index (χ1v) is 10.1. The number of benzene rings is 1. The van der Waals surface area contributed by atoms with Crippen LogP contribution < -0.4 is 15.8 Å². The third-order valence-electron chi connectivity index (χ3n) is 5.46. The van der Waals surface area contributed by atoms with E-state index in [0.717, 1.165) is 11.1 Å². The maximum atomic E-state index is 14.6. The SMILES string of the molecule is [2H]C([2H])([2H])NC(=O)c1ccc(N2CCN(Cc3ccc4nc(CC)c(=O)[nH]c4c3)CC2)c(F)n1. The normalized spacial score (nSPS) is 16.6. The summed E-state index contributed by atoms with van der Waals surface area (Å²) in [6.45, 7) is 2.39. The molecule has 8 nitrogen and oxygen atoms in total. The fraction of sp³-hybridized carbons (Fsp3) is 0.364. The molecule has 2 aromatic heterocycles. The molecule has 0 spiro atoms. The van der Waals surface area contributed by atoms with Crippen LogP contribution in [0.4, 0.5) is 10.1 Å². The lowest BCUT2D eigenvalue weighted by molar-refractivity contribution is 0.0957. The smallest absolute Gasteiger partial charge is 0.270 e. The number of pyridine rings is 1. The zero-order valence-corrected chi connectivity index (χ0v) is 17.1. The summed E-state index contributed by atoms with van der Waals surface area (Å²) in [6, 6.07) is 8.60. The van der Waals surface area contributed by atoms with Gasteiger partial charge in [-0.05, 0) is 36.2 Å². The number of hydrogen-bond donors (Lipinski definition) is 2. The Bertz CT molecular complexity index is 1270. The van der Waals surface area contributed by atoms with Crippen molar-refractivity contribution >= 4 is 22.6 Å². The highest BCUT2D eigenvalue weighted by Gasteiger charge is 2.21. The van der Waals surface area contributed by atoms with Crippen LogP contribution in [0.2, 0.25) is 0 Å². The Labute approximate surface area is 183 Å². The summed E-state index contributed by atoms with van der Waals surface area (Å²) in [7, 11) is 0. The number of aromatic amines is 1. The molecule has 162 valence electrons. The van der Waals surface area contributed by atoms with Crippen molar-refractivity contribution in [3.8, 4) is 0 Å². The number of piperazine rings is 1. The minimum absolute atomic E-state index is 0.168. The second kappa shape index (κ2) is 8.81. The first kappa shape index (κ1) is 17.4. The van der Waals surface area contributed by atoms with Crippen LogP contribution in [0.5, 0.6) is 0 Å². The van der Waals surface area contributed by atoms with E-state index in [9.17, 15) is 14.0 Å². The second-order valence-corrected chi connectivity index (χ2v) is 7.44. The molecule has 1 fully saturated rings.